The van der Waals surface area contributed by atoms with Crippen LogP contribution in [0.25, 0.3) is 21.8 Å². The van der Waals surface area contributed by atoms with Crippen molar-refractivity contribution in [3.63, 3.8) is 0 Å². The number of carbonyl (C=O) groups is 2. The Balaban J connectivity index is 0.000000215. The first kappa shape index (κ1) is 38.3. The summed E-state index contributed by atoms with van der Waals surface area (Å²) in [5.41, 5.74) is 6.14. The SMILES string of the molecule is CNC(=O)N(CCC=O)c1cccc2c1ccn2C1CCN(CC2CCN(c3ccccc3)CC2)CC1.N#Cc1c[nH]c2c(N3CCCCC3)ccc(Cl)c12. The lowest BCUT2D eigenvalue weighted by Crippen LogP contribution is -2.41. The van der Waals surface area contributed by atoms with Crippen LogP contribution in [0.4, 0.5) is 21.9 Å². The molecule has 5 heterocycles. The topological polar surface area (TPSA) is 104 Å². The summed E-state index contributed by atoms with van der Waals surface area (Å²) in [6, 6.07) is 25.5. The molecule has 0 saturated carbocycles. The molecule has 3 aliphatic heterocycles. The average molecular weight is 761 g/mol. The molecule has 288 valence electrons. The molecule has 0 unspecified atom stereocenters. The van der Waals surface area contributed by atoms with Crippen molar-refractivity contribution in [3.8, 4) is 6.07 Å². The van der Waals surface area contributed by atoms with Gasteiger partial charge in [0.1, 0.15) is 12.4 Å². The van der Waals surface area contributed by atoms with Crippen LogP contribution in [0.5, 0.6) is 0 Å². The maximum Gasteiger partial charge on any atom is 0.321 e. The van der Waals surface area contributed by atoms with E-state index in [0.29, 0.717) is 29.6 Å². The van der Waals surface area contributed by atoms with Gasteiger partial charge in [-0.2, -0.15) is 5.26 Å². The molecule has 0 atom stereocenters. The Morgan fingerprint density at radius 2 is 1.69 bits per heavy atom. The second-order valence-corrected chi connectivity index (χ2v) is 15.5. The van der Waals surface area contributed by atoms with E-state index in [1.54, 1.807) is 18.1 Å². The zero-order chi connectivity index (χ0) is 38.1. The Bertz CT molecular complexity index is 2080. The van der Waals surface area contributed by atoms with Gasteiger partial charge in [-0.25, -0.2) is 4.79 Å². The molecular weight excluding hydrogens is 708 g/mol. The lowest BCUT2D eigenvalue weighted by atomic mass is 9.94. The van der Waals surface area contributed by atoms with Gasteiger partial charge in [0.25, 0.3) is 0 Å². The number of rotatable bonds is 9. The summed E-state index contributed by atoms with van der Waals surface area (Å²) >= 11 is 6.20. The first-order valence-electron chi connectivity index (χ1n) is 20.0. The first-order chi connectivity index (χ1) is 27.0. The van der Waals surface area contributed by atoms with E-state index in [0.717, 1.165) is 97.5 Å². The number of para-hydroxylation sites is 1. The molecule has 0 spiro atoms. The summed E-state index contributed by atoms with van der Waals surface area (Å²) in [5, 5.41) is 14.4. The smallest absolute Gasteiger partial charge is 0.321 e. The summed E-state index contributed by atoms with van der Waals surface area (Å²) in [6.45, 7) is 8.32. The van der Waals surface area contributed by atoms with Gasteiger partial charge in [-0.3, -0.25) is 4.90 Å². The number of fused-ring (bicyclic) bond motifs is 2. The van der Waals surface area contributed by atoms with Crippen LogP contribution < -0.4 is 20.0 Å². The third-order valence-electron chi connectivity index (χ3n) is 11.7. The van der Waals surface area contributed by atoms with Crippen molar-refractivity contribution >= 4 is 62.8 Å². The van der Waals surface area contributed by atoms with Crippen molar-refractivity contribution < 1.29 is 9.59 Å². The van der Waals surface area contributed by atoms with E-state index in [1.807, 2.05) is 24.3 Å². The molecule has 2 amide bonds. The van der Waals surface area contributed by atoms with Crippen LogP contribution in [0.3, 0.4) is 0 Å². The van der Waals surface area contributed by atoms with Gasteiger partial charge >= 0.3 is 6.03 Å². The molecule has 11 heteroatoms. The molecule has 8 rings (SSSR count). The van der Waals surface area contributed by atoms with Gasteiger partial charge in [-0.1, -0.05) is 35.9 Å². The third kappa shape index (κ3) is 8.64. The number of amides is 2. The molecule has 3 saturated heterocycles. The Kier molecular flexibility index (Phi) is 12.6. The van der Waals surface area contributed by atoms with Crippen molar-refractivity contribution in [1.82, 2.24) is 19.8 Å². The number of aldehydes is 1. The second kappa shape index (κ2) is 18.1. The highest BCUT2D eigenvalue weighted by Crippen LogP contribution is 2.36. The number of urea groups is 1. The van der Waals surface area contributed by atoms with Crippen LogP contribution in [-0.4, -0.2) is 86.2 Å². The Morgan fingerprint density at radius 3 is 2.40 bits per heavy atom. The van der Waals surface area contributed by atoms with Gasteiger partial charge in [0.15, 0.2) is 0 Å². The van der Waals surface area contributed by atoms with E-state index in [2.05, 4.69) is 84.3 Å². The van der Waals surface area contributed by atoms with Crippen LogP contribution in [0.15, 0.2) is 79.1 Å². The standard InChI is InChI=1S/C30H39N5O2.C14H14ClN3/c1-31-30(37)35(16-6-22-36)29-10-5-9-28-27(29)15-21-34(28)26-13-17-32(18-14-26)23-24-11-19-33(20-12-24)25-7-3-2-4-8-25;15-11-4-5-12(18-6-2-1-3-7-18)14-13(11)10(8-16)9-17-14/h2-5,7-10,15,21-22,24,26H,6,11-14,16-20,23H2,1H3,(H,31,37);4-5,9,17H,1-3,6-7H2. The van der Waals surface area contributed by atoms with Gasteiger partial charge in [0.05, 0.1) is 33.0 Å². The summed E-state index contributed by atoms with van der Waals surface area (Å²) in [5.74, 6) is 0.786. The van der Waals surface area contributed by atoms with E-state index in [4.69, 9.17) is 16.9 Å². The first-order valence-corrected chi connectivity index (χ1v) is 20.4. The molecule has 55 heavy (non-hydrogen) atoms. The van der Waals surface area contributed by atoms with E-state index in [1.165, 1.54) is 44.3 Å². The number of aromatic nitrogens is 2. The van der Waals surface area contributed by atoms with Crippen LogP contribution >= 0.6 is 11.6 Å². The lowest BCUT2D eigenvalue weighted by molar-refractivity contribution is -0.107. The van der Waals surface area contributed by atoms with Crippen LogP contribution in [0.2, 0.25) is 5.02 Å². The molecule has 3 fully saturated rings. The van der Waals surface area contributed by atoms with E-state index >= 15 is 0 Å². The fourth-order valence-corrected chi connectivity index (χ4v) is 9.07. The number of benzene rings is 3. The Hall–Kier alpha value is -4.98. The molecule has 0 radical (unpaired) electrons. The predicted molar refractivity (Wildman–Crippen MR) is 225 cm³/mol. The zero-order valence-electron chi connectivity index (χ0n) is 31.9. The minimum Gasteiger partial charge on any atom is -0.372 e. The summed E-state index contributed by atoms with van der Waals surface area (Å²) < 4.78 is 2.40. The van der Waals surface area contributed by atoms with Crippen molar-refractivity contribution in [2.24, 2.45) is 5.92 Å². The zero-order valence-corrected chi connectivity index (χ0v) is 32.7. The molecule has 0 bridgehead atoms. The highest BCUT2D eigenvalue weighted by molar-refractivity contribution is 6.36. The highest BCUT2D eigenvalue weighted by atomic mass is 35.5. The Labute approximate surface area is 329 Å². The van der Waals surface area contributed by atoms with Crippen molar-refractivity contribution in [2.75, 3.05) is 74.1 Å². The maximum absolute atomic E-state index is 12.5. The molecular formula is C44H53ClN8O2. The molecule has 3 aromatic carbocycles. The number of carbonyl (C=O) groups excluding carboxylic acids is 2. The number of hydrogen-bond acceptors (Lipinski definition) is 6. The largest absolute Gasteiger partial charge is 0.372 e. The van der Waals surface area contributed by atoms with Crippen molar-refractivity contribution in [2.45, 2.75) is 57.4 Å². The predicted octanol–water partition coefficient (Wildman–Crippen LogP) is 8.61. The normalized spacial score (nSPS) is 17.1. The van der Waals surface area contributed by atoms with Gasteiger partial charge in [-0.15, -0.1) is 0 Å². The second-order valence-electron chi connectivity index (χ2n) is 15.1. The summed E-state index contributed by atoms with van der Waals surface area (Å²) in [7, 11) is 1.63. The summed E-state index contributed by atoms with van der Waals surface area (Å²) in [4.78, 5) is 36.0. The minimum absolute atomic E-state index is 0.190. The van der Waals surface area contributed by atoms with Crippen molar-refractivity contribution in [1.29, 1.82) is 5.26 Å². The molecule has 2 aromatic heterocycles. The number of likely N-dealkylation sites (tertiary alicyclic amines) is 1. The molecule has 5 aromatic rings. The Morgan fingerprint density at radius 1 is 0.927 bits per heavy atom. The van der Waals surface area contributed by atoms with Gasteiger partial charge in [0, 0.05) is 101 Å². The van der Waals surface area contributed by atoms with Crippen LogP contribution in [0, 0.1) is 17.2 Å². The number of piperidine rings is 3. The molecule has 2 N–H and O–H groups in total. The van der Waals surface area contributed by atoms with Crippen LogP contribution in [-0.2, 0) is 4.79 Å². The highest BCUT2D eigenvalue weighted by Gasteiger charge is 2.27. The fraction of sp³-hybridized carbons (Fsp3) is 0.432. The number of anilines is 3. The van der Waals surface area contributed by atoms with Gasteiger partial charge in [-0.05, 0) is 93.3 Å². The van der Waals surface area contributed by atoms with Crippen LogP contribution in [0.1, 0.15) is 63.0 Å². The maximum atomic E-state index is 12.5. The van der Waals surface area contributed by atoms with Gasteiger partial charge in [0.2, 0.25) is 0 Å². The molecule has 0 aliphatic carbocycles. The quantitative estimate of drug-likeness (QED) is 0.146. The van der Waals surface area contributed by atoms with Gasteiger partial charge < -0.3 is 34.4 Å². The number of halogens is 1. The number of hydrogen-bond donors (Lipinski definition) is 2. The third-order valence-corrected chi connectivity index (χ3v) is 12.1. The summed E-state index contributed by atoms with van der Waals surface area (Å²) in [6.07, 6.45) is 13.7. The number of nitrogens with zero attached hydrogens (tertiary/aromatic N) is 6. The lowest BCUT2D eigenvalue weighted by Gasteiger charge is -2.38. The van der Waals surface area contributed by atoms with E-state index in [9.17, 15) is 9.59 Å². The number of H-pyrrole nitrogens is 1. The molecule has 10 nitrogen and oxygen atoms in total. The minimum atomic E-state index is -0.190. The monoisotopic (exact) mass is 760 g/mol. The number of aromatic amines is 1. The molecule has 3 aliphatic rings. The van der Waals surface area contributed by atoms with Crippen molar-refractivity contribution in [3.05, 3.63) is 89.7 Å². The number of nitriles is 1. The number of nitrogens with one attached hydrogen (secondary N) is 2. The van der Waals surface area contributed by atoms with E-state index in [-0.39, 0.29) is 6.03 Å². The van der Waals surface area contributed by atoms with E-state index < -0.39 is 0 Å². The average Bonchev–Trinajstić information content (AvgIpc) is 3.89. The fourth-order valence-electron chi connectivity index (χ4n) is 8.81.